The molecule has 6 rings (SSSR count). The van der Waals surface area contributed by atoms with E-state index in [4.69, 9.17) is 21.3 Å². The zero-order chi connectivity index (χ0) is 27.6. The average Bonchev–Trinajstić information content (AvgIpc) is 3.35. The van der Waals surface area contributed by atoms with Crippen LogP contribution in [0.2, 0.25) is 5.02 Å². The van der Waals surface area contributed by atoms with Crippen LogP contribution in [0.1, 0.15) is 27.0 Å². The van der Waals surface area contributed by atoms with E-state index in [1.807, 2.05) is 6.07 Å². The van der Waals surface area contributed by atoms with Crippen molar-refractivity contribution < 1.29 is 14.6 Å². The summed E-state index contributed by atoms with van der Waals surface area (Å²) in [6.07, 6.45) is 0.926. The summed E-state index contributed by atoms with van der Waals surface area (Å²) in [6.45, 7) is 4.99. The third-order valence-corrected chi connectivity index (χ3v) is 7.45. The number of carboxylic acids is 1. The van der Waals surface area contributed by atoms with Gasteiger partial charge in [-0.2, -0.15) is 4.98 Å². The lowest BCUT2D eigenvalue weighted by Crippen LogP contribution is -2.47. The van der Waals surface area contributed by atoms with Gasteiger partial charge in [-0.3, -0.25) is 0 Å². The number of halogens is 1. The lowest BCUT2D eigenvalue weighted by molar-refractivity contribution is 0.0695. The zero-order valence-electron chi connectivity index (χ0n) is 22.0. The minimum atomic E-state index is -1.01. The molecule has 2 aromatic heterocycles. The maximum atomic E-state index is 11.5. The number of aromatic carboxylic acids is 1. The van der Waals surface area contributed by atoms with Gasteiger partial charge in [0.25, 0.3) is 0 Å². The number of nitrogens with one attached hydrogen (secondary N) is 1. The molecule has 5 aromatic rings. The molecule has 9 heteroatoms. The van der Waals surface area contributed by atoms with Crippen LogP contribution < -0.4 is 14.5 Å². The Labute approximate surface area is 236 Å². The number of hydrogen-bond acceptors (Lipinski definition) is 6. The van der Waals surface area contributed by atoms with Crippen LogP contribution in [0.5, 0.6) is 11.8 Å². The summed E-state index contributed by atoms with van der Waals surface area (Å²) in [5, 5.41) is 9.92. The van der Waals surface area contributed by atoms with Gasteiger partial charge in [-0.1, -0.05) is 60.1 Å². The van der Waals surface area contributed by atoms with E-state index in [2.05, 4.69) is 68.3 Å². The van der Waals surface area contributed by atoms with E-state index < -0.39 is 5.97 Å². The van der Waals surface area contributed by atoms with Crippen molar-refractivity contribution in [2.24, 2.45) is 0 Å². The van der Waals surface area contributed by atoms with Crippen molar-refractivity contribution in [3.8, 4) is 11.8 Å². The SMILES string of the molecule is Cc1ccc(Oc2nc3nc(N4CCN(c5ccc(Cc6ccccc6)cc5)CC4)c(Cl)cc3[nH]2)cc1C(=O)O. The third kappa shape index (κ3) is 5.44. The number of anilines is 2. The topological polar surface area (TPSA) is 94.6 Å². The van der Waals surface area contributed by atoms with Crippen LogP contribution in [0.3, 0.4) is 0 Å². The van der Waals surface area contributed by atoms with E-state index in [0.29, 0.717) is 33.3 Å². The van der Waals surface area contributed by atoms with Crippen LogP contribution in [-0.2, 0) is 6.42 Å². The highest BCUT2D eigenvalue weighted by Crippen LogP contribution is 2.31. The first kappa shape index (κ1) is 25.7. The van der Waals surface area contributed by atoms with Crippen molar-refractivity contribution in [1.82, 2.24) is 15.0 Å². The quantitative estimate of drug-likeness (QED) is 0.243. The molecule has 202 valence electrons. The standard InChI is InChI=1S/C31H28ClN5O3/c1-20-7-12-24(18-25(20)30(38)39)40-31-33-27-19-26(32)29(34-28(27)35-31)37-15-13-36(14-16-37)23-10-8-22(9-11-23)17-21-5-3-2-4-6-21/h2-12,18-19H,13-17H2,1H3,(H,38,39)(H,33,34,35). The normalized spacial score (nSPS) is 13.6. The van der Waals surface area contributed by atoms with Crippen LogP contribution in [0.25, 0.3) is 11.2 Å². The maximum Gasteiger partial charge on any atom is 0.336 e. The minimum Gasteiger partial charge on any atom is -0.478 e. The molecule has 1 aliphatic rings. The molecule has 2 N–H and O–H groups in total. The van der Waals surface area contributed by atoms with Crippen LogP contribution >= 0.6 is 11.6 Å². The first-order valence-electron chi connectivity index (χ1n) is 13.1. The summed E-state index contributed by atoms with van der Waals surface area (Å²) in [6, 6.07) is 26.2. The van der Waals surface area contributed by atoms with Crippen LogP contribution in [0, 0.1) is 6.92 Å². The predicted molar refractivity (Wildman–Crippen MR) is 157 cm³/mol. The third-order valence-electron chi connectivity index (χ3n) is 7.17. The summed E-state index contributed by atoms with van der Waals surface area (Å²) in [5.74, 6) is 0.0528. The molecule has 3 aromatic carbocycles. The summed E-state index contributed by atoms with van der Waals surface area (Å²) >= 11 is 6.64. The molecule has 0 bridgehead atoms. The molecule has 0 saturated carbocycles. The number of aryl methyl sites for hydroxylation is 1. The Morgan fingerprint density at radius 2 is 1.62 bits per heavy atom. The van der Waals surface area contributed by atoms with Crippen LogP contribution in [0.4, 0.5) is 11.5 Å². The number of H-pyrrole nitrogens is 1. The molecule has 3 heterocycles. The minimum absolute atomic E-state index is 0.180. The van der Waals surface area contributed by atoms with E-state index in [1.165, 1.54) is 22.9 Å². The molecule has 40 heavy (non-hydrogen) atoms. The first-order chi connectivity index (χ1) is 19.4. The number of aromatic amines is 1. The van der Waals surface area contributed by atoms with Gasteiger partial charge in [0.2, 0.25) is 0 Å². The van der Waals surface area contributed by atoms with E-state index in [1.54, 1.807) is 25.1 Å². The smallest absolute Gasteiger partial charge is 0.336 e. The molecular formula is C31H28ClN5O3. The fourth-order valence-corrected chi connectivity index (χ4v) is 5.27. The maximum absolute atomic E-state index is 11.5. The number of hydrogen-bond donors (Lipinski definition) is 2. The van der Waals surface area contributed by atoms with Crippen molar-refractivity contribution in [3.63, 3.8) is 0 Å². The first-order valence-corrected chi connectivity index (χ1v) is 13.5. The molecule has 0 atom stereocenters. The fraction of sp³-hybridized carbons (Fsp3) is 0.194. The Morgan fingerprint density at radius 1 is 0.925 bits per heavy atom. The van der Waals surface area contributed by atoms with E-state index in [-0.39, 0.29) is 11.6 Å². The highest BCUT2D eigenvalue weighted by atomic mass is 35.5. The molecule has 8 nitrogen and oxygen atoms in total. The lowest BCUT2D eigenvalue weighted by atomic mass is 10.0. The number of fused-ring (bicyclic) bond motifs is 1. The van der Waals surface area contributed by atoms with Crippen LogP contribution in [-0.4, -0.2) is 52.2 Å². The van der Waals surface area contributed by atoms with Gasteiger partial charge in [0.1, 0.15) is 11.6 Å². The number of ether oxygens (including phenoxy) is 1. The lowest BCUT2D eigenvalue weighted by Gasteiger charge is -2.37. The number of pyridine rings is 1. The molecule has 0 unspecified atom stereocenters. The fourth-order valence-electron chi connectivity index (χ4n) is 5.00. The predicted octanol–water partition coefficient (Wildman–Crippen LogP) is 6.33. The molecule has 0 radical (unpaired) electrons. The largest absolute Gasteiger partial charge is 0.478 e. The van der Waals surface area contributed by atoms with Gasteiger partial charge in [0.15, 0.2) is 5.65 Å². The van der Waals surface area contributed by atoms with Gasteiger partial charge in [-0.05, 0) is 60.4 Å². The summed E-state index contributed by atoms with van der Waals surface area (Å²) in [4.78, 5) is 28.3. The summed E-state index contributed by atoms with van der Waals surface area (Å²) in [5.41, 5.74) is 5.78. The Morgan fingerprint density at radius 3 is 2.35 bits per heavy atom. The van der Waals surface area contributed by atoms with E-state index in [9.17, 15) is 9.90 Å². The molecule has 0 spiro atoms. The molecule has 0 aliphatic carbocycles. The van der Waals surface area contributed by atoms with Gasteiger partial charge in [0, 0.05) is 31.9 Å². The summed E-state index contributed by atoms with van der Waals surface area (Å²) < 4.78 is 5.81. The van der Waals surface area contributed by atoms with Gasteiger partial charge in [-0.25, -0.2) is 9.78 Å². The molecular weight excluding hydrogens is 526 g/mol. The Balaban J connectivity index is 1.12. The van der Waals surface area contributed by atoms with Crippen molar-refractivity contribution >= 4 is 40.2 Å². The number of carbonyl (C=O) groups is 1. The molecule has 0 amide bonds. The summed E-state index contributed by atoms with van der Waals surface area (Å²) in [7, 11) is 0. The number of rotatable bonds is 7. The molecule has 1 fully saturated rings. The Hall–Kier alpha value is -4.56. The highest BCUT2D eigenvalue weighted by molar-refractivity contribution is 6.33. The van der Waals surface area contributed by atoms with Gasteiger partial charge in [-0.15, -0.1) is 0 Å². The van der Waals surface area contributed by atoms with Crippen molar-refractivity contribution in [2.75, 3.05) is 36.0 Å². The van der Waals surface area contributed by atoms with Crippen molar-refractivity contribution in [1.29, 1.82) is 0 Å². The highest BCUT2D eigenvalue weighted by Gasteiger charge is 2.22. The Bertz CT molecular complexity index is 1660. The number of benzene rings is 3. The number of imidazole rings is 1. The monoisotopic (exact) mass is 553 g/mol. The average molecular weight is 554 g/mol. The number of piperazine rings is 1. The second-order valence-corrected chi connectivity index (χ2v) is 10.3. The van der Waals surface area contributed by atoms with E-state index >= 15 is 0 Å². The van der Waals surface area contributed by atoms with Gasteiger partial charge >= 0.3 is 12.0 Å². The number of nitrogens with zero attached hydrogens (tertiary/aromatic N) is 4. The van der Waals surface area contributed by atoms with Crippen LogP contribution in [0.15, 0.2) is 78.9 Å². The van der Waals surface area contributed by atoms with Crippen molar-refractivity contribution in [3.05, 3.63) is 106 Å². The number of carboxylic acid groups (broad SMARTS) is 1. The van der Waals surface area contributed by atoms with Gasteiger partial charge in [0.05, 0.1) is 16.1 Å². The van der Waals surface area contributed by atoms with Gasteiger partial charge < -0.3 is 24.6 Å². The molecule has 1 saturated heterocycles. The second-order valence-electron chi connectivity index (χ2n) is 9.89. The molecule has 1 aliphatic heterocycles. The zero-order valence-corrected chi connectivity index (χ0v) is 22.7. The second kappa shape index (κ2) is 10.9. The van der Waals surface area contributed by atoms with Crippen molar-refractivity contribution in [2.45, 2.75) is 13.3 Å². The Kier molecular flexibility index (Phi) is 7.00. The number of aromatic nitrogens is 3. The van der Waals surface area contributed by atoms with E-state index in [0.717, 1.165) is 32.6 Å².